The Bertz CT molecular complexity index is 422. The van der Waals surface area contributed by atoms with E-state index in [1.807, 2.05) is 0 Å². The molecule has 5 heteroatoms. The lowest BCUT2D eigenvalue weighted by molar-refractivity contribution is 0.0521. The first-order valence-corrected chi connectivity index (χ1v) is 4.64. The zero-order valence-corrected chi connectivity index (χ0v) is 9.00. The predicted octanol–water partition coefficient (Wildman–Crippen LogP) is 2.03. The fourth-order valence-electron chi connectivity index (χ4n) is 0.863. The van der Waals surface area contributed by atoms with Crippen LogP contribution >= 0.6 is 15.9 Å². The van der Waals surface area contributed by atoms with Crippen LogP contribution in [0, 0.1) is 0 Å². The molecule has 1 aromatic rings. The van der Waals surface area contributed by atoms with Crippen LogP contribution in [0.3, 0.4) is 0 Å². The molecule has 0 saturated heterocycles. The second-order valence-electron chi connectivity index (χ2n) is 2.33. The Balaban J connectivity index is 3.08. The number of ether oxygens (including phenoxy) is 2. The summed E-state index contributed by atoms with van der Waals surface area (Å²) in [5, 5.41) is 0. The van der Waals surface area contributed by atoms with Crippen LogP contribution < -0.4 is 4.74 Å². The molecular weight excluding hydrogens is 250 g/mol. The van der Waals surface area contributed by atoms with Gasteiger partial charge in [-0.2, -0.15) is 0 Å². The quantitative estimate of drug-likeness (QED) is 0.783. The zero-order chi connectivity index (χ0) is 13.1. The first-order chi connectivity index (χ1) is 7.83. The maximum atomic E-state index is 11.6. The number of hydrogen-bond donors (Lipinski definition) is 0. The maximum Gasteiger partial charge on any atom is 0.343 e. The van der Waals surface area contributed by atoms with Crippen molar-refractivity contribution in [3.8, 4) is 5.88 Å². The third kappa shape index (κ3) is 2.45. The Hall–Kier alpha value is -1.10. The standard InChI is InChI=1S/C9H10BrNO3/c1-3-14-9(12)7-4-6(10)5-11-8(7)13-2/h4-5H,3H2,1-2H3/i2D3. The van der Waals surface area contributed by atoms with Crippen LogP contribution in [-0.2, 0) is 4.74 Å². The molecule has 1 rings (SSSR count). The van der Waals surface area contributed by atoms with E-state index < -0.39 is 13.0 Å². The molecule has 0 amide bonds. The van der Waals surface area contributed by atoms with Gasteiger partial charge in [0.25, 0.3) is 0 Å². The number of nitrogens with zero attached hydrogens (tertiary/aromatic N) is 1. The number of aromatic nitrogens is 1. The van der Waals surface area contributed by atoms with Crippen LogP contribution in [0.15, 0.2) is 16.7 Å². The summed E-state index contributed by atoms with van der Waals surface area (Å²) in [4.78, 5) is 15.3. The number of carbonyl (C=O) groups is 1. The molecular formula is C9H10BrNO3. The normalized spacial score (nSPS) is 13.7. The minimum absolute atomic E-state index is 0.0302. The molecule has 4 nitrogen and oxygen atoms in total. The second kappa shape index (κ2) is 4.95. The molecule has 0 aliphatic carbocycles. The molecule has 0 aliphatic heterocycles. The van der Waals surface area contributed by atoms with Crippen LogP contribution in [0.25, 0.3) is 0 Å². The maximum absolute atomic E-state index is 11.6. The second-order valence-corrected chi connectivity index (χ2v) is 3.24. The van der Waals surface area contributed by atoms with Crippen LogP contribution in [0.2, 0.25) is 0 Å². The fraction of sp³-hybridized carbons (Fsp3) is 0.333. The van der Waals surface area contributed by atoms with Gasteiger partial charge in [-0.3, -0.25) is 0 Å². The average Bonchev–Trinajstić information content (AvgIpc) is 2.19. The molecule has 0 bridgehead atoms. The van der Waals surface area contributed by atoms with E-state index in [9.17, 15) is 4.79 Å². The van der Waals surface area contributed by atoms with E-state index in [0.717, 1.165) is 0 Å². The molecule has 76 valence electrons. The minimum atomic E-state index is -2.66. The molecule has 0 aromatic carbocycles. The number of esters is 1. The summed E-state index contributed by atoms with van der Waals surface area (Å²) in [6.07, 6.45) is 1.34. The molecule has 0 unspecified atom stereocenters. The number of carbonyl (C=O) groups excluding carboxylic acids is 1. The number of methoxy groups -OCH3 is 1. The zero-order valence-electron chi connectivity index (χ0n) is 10.4. The Kier molecular flexibility index (Phi) is 2.55. The van der Waals surface area contributed by atoms with Gasteiger partial charge in [0.1, 0.15) is 5.56 Å². The predicted molar refractivity (Wildman–Crippen MR) is 54.4 cm³/mol. The summed E-state index contributed by atoms with van der Waals surface area (Å²) in [5.41, 5.74) is -0.0302. The van der Waals surface area contributed by atoms with Gasteiger partial charge >= 0.3 is 5.97 Å². The molecule has 1 aromatic heterocycles. The van der Waals surface area contributed by atoms with E-state index >= 15 is 0 Å². The molecule has 0 aliphatic rings. The van der Waals surface area contributed by atoms with Gasteiger partial charge in [0.05, 0.1) is 17.8 Å². The highest BCUT2D eigenvalue weighted by molar-refractivity contribution is 9.10. The third-order valence-electron chi connectivity index (χ3n) is 1.41. The van der Waals surface area contributed by atoms with Crippen LogP contribution in [0.1, 0.15) is 21.4 Å². The summed E-state index contributed by atoms with van der Waals surface area (Å²) < 4.78 is 30.8. The first kappa shape index (κ1) is 7.23. The van der Waals surface area contributed by atoms with Gasteiger partial charge in [-0.15, -0.1) is 0 Å². The molecule has 0 saturated carbocycles. The van der Waals surface area contributed by atoms with Gasteiger partial charge in [-0.05, 0) is 28.9 Å². The summed E-state index contributed by atoms with van der Waals surface area (Å²) in [5.74, 6) is -0.952. The highest BCUT2D eigenvalue weighted by Gasteiger charge is 2.14. The van der Waals surface area contributed by atoms with E-state index in [2.05, 4.69) is 25.7 Å². The molecule has 1 heterocycles. The SMILES string of the molecule is [2H]C([2H])([2H])Oc1ncc(Br)cc1C(=O)OCC. The van der Waals surface area contributed by atoms with E-state index in [4.69, 9.17) is 8.85 Å². The monoisotopic (exact) mass is 262 g/mol. The van der Waals surface area contributed by atoms with Gasteiger partial charge < -0.3 is 9.47 Å². The van der Waals surface area contributed by atoms with Crippen molar-refractivity contribution in [2.75, 3.05) is 13.6 Å². The van der Waals surface area contributed by atoms with Crippen molar-refractivity contribution >= 4 is 21.9 Å². The van der Waals surface area contributed by atoms with Crippen LogP contribution in [-0.4, -0.2) is 24.6 Å². The van der Waals surface area contributed by atoms with E-state index in [1.165, 1.54) is 12.3 Å². The van der Waals surface area contributed by atoms with Gasteiger partial charge in [0.2, 0.25) is 5.88 Å². The van der Waals surface area contributed by atoms with Crippen molar-refractivity contribution in [2.24, 2.45) is 0 Å². The largest absolute Gasteiger partial charge is 0.480 e. The van der Waals surface area contributed by atoms with E-state index in [0.29, 0.717) is 4.47 Å². The molecule has 0 radical (unpaired) electrons. The van der Waals surface area contributed by atoms with Crippen molar-refractivity contribution in [1.29, 1.82) is 0 Å². The van der Waals surface area contributed by atoms with E-state index in [1.54, 1.807) is 6.92 Å². The fourth-order valence-corrected chi connectivity index (χ4v) is 1.19. The molecule has 0 spiro atoms. The number of halogens is 1. The molecule has 0 N–H and O–H groups in total. The number of hydrogen-bond acceptors (Lipinski definition) is 4. The van der Waals surface area contributed by atoms with Gasteiger partial charge in [-0.25, -0.2) is 9.78 Å². The highest BCUT2D eigenvalue weighted by Crippen LogP contribution is 2.20. The summed E-state index contributed by atoms with van der Waals surface area (Å²) in [6.45, 7) is 1.83. The van der Waals surface area contributed by atoms with Gasteiger partial charge in [0, 0.05) is 10.7 Å². The highest BCUT2D eigenvalue weighted by atomic mass is 79.9. The summed E-state index contributed by atoms with van der Waals surface area (Å²) in [7, 11) is -2.66. The minimum Gasteiger partial charge on any atom is -0.480 e. The first-order valence-electron chi connectivity index (χ1n) is 5.35. The van der Waals surface area contributed by atoms with Crippen LogP contribution in [0.4, 0.5) is 0 Å². The van der Waals surface area contributed by atoms with Crippen molar-refractivity contribution in [3.05, 3.63) is 22.3 Å². The van der Waals surface area contributed by atoms with E-state index in [-0.39, 0.29) is 18.1 Å². The summed E-state index contributed by atoms with van der Waals surface area (Å²) >= 11 is 3.13. The third-order valence-corrected chi connectivity index (χ3v) is 1.84. The molecule has 14 heavy (non-hydrogen) atoms. The van der Waals surface area contributed by atoms with Crippen LogP contribution in [0.5, 0.6) is 5.88 Å². The lowest BCUT2D eigenvalue weighted by Gasteiger charge is -2.06. The lowest BCUT2D eigenvalue weighted by atomic mass is 10.3. The Morgan fingerprint density at radius 3 is 3.21 bits per heavy atom. The topological polar surface area (TPSA) is 48.4 Å². The van der Waals surface area contributed by atoms with Crippen molar-refractivity contribution in [3.63, 3.8) is 0 Å². The molecule has 0 fully saturated rings. The van der Waals surface area contributed by atoms with Gasteiger partial charge in [0.15, 0.2) is 0 Å². The van der Waals surface area contributed by atoms with Crippen molar-refractivity contribution in [1.82, 2.24) is 4.98 Å². The van der Waals surface area contributed by atoms with Gasteiger partial charge in [-0.1, -0.05) is 0 Å². The van der Waals surface area contributed by atoms with Crippen molar-refractivity contribution < 1.29 is 18.4 Å². The smallest absolute Gasteiger partial charge is 0.343 e. The summed E-state index contributed by atoms with van der Waals surface area (Å²) in [6, 6.07) is 1.39. The number of pyridine rings is 1. The Labute approximate surface area is 94.6 Å². The average molecular weight is 263 g/mol. The molecule has 0 atom stereocenters. The number of rotatable bonds is 3. The van der Waals surface area contributed by atoms with Crippen molar-refractivity contribution in [2.45, 2.75) is 6.92 Å². The Morgan fingerprint density at radius 2 is 2.57 bits per heavy atom. The Morgan fingerprint density at radius 1 is 1.79 bits per heavy atom. The lowest BCUT2D eigenvalue weighted by Crippen LogP contribution is -2.07.